The molecule has 0 spiro atoms. The molecular formula is C20H26F3N3O. The minimum atomic E-state index is -4.55. The summed E-state index contributed by atoms with van der Waals surface area (Å²) in [5.41, 5.74) is 2.73. The number of benzene rings is 1. The number of hydrogen-bond acceptors (Lipinski definition) is 2. The zero-order valence-electron chi connectivity index (χ0n) is 16.1. The van der Waals surface area contributed by atoms with Crippen molar-refractivity contribution >= 4 is 5.91 Å². The maximum atomic E-state index is 13.4. The summed E-state index contributed by atoms with van der Waals surface area (Å²) in [6, 6.07) is 5.41. The Balaban J connectivity index is 2.06. The van der Waals surface area contributed by atoms with Gasteiger partial charge in [0.05, 0.1) is 5.69 Å². The van der Waals surface area contributed by atoms with Crippen molar-refractivity contribution in [3.05, 3.63) is 52.8 Å². The smallest absolute Gasteiger partial charge is 0.341 e. The third-order valence-corrected chi connectivity index (χ3v) is 4.44. The van der Waals surface area contributed by atoms with Gasteiger partial charge in [0.25, 0.3) is 0 Å². The molecule has 0 saturated carbocycles. The first-order chi connectivity index (χ1) is 12.6. The number of nitrogens with zero attached hydrogens (tertiary/aromatic N) is 2. The normalized spacial score (nSPS) is 13.0. The Kier molecular flexibility index (Phi) is 6.68. The van der Waals surface area contributed by atoms with Gasteiger partial charge in [0, 0.05) is 18.7 Å². The molecule has 2 rings (SSSR count). The number of carbonyl (C=O) groups excluding carboxylic acids is 1. The molecule has 0 saturated heterocycles. The van der Waals surface area contributed by atoms with Crippen LogP contribution in [0.1, 0.15) is 48.8 Å². The molecule has 1 aromatic heterocycles. The van der Waals surface area contributed by atoms with Crippen LogP contribution in [0.25, 0.3) is 0 Å². The van der Waals surface area contributed by atoms with Crippen LogP contribution in [0.5, 0.6) is 0 Å². The van der Waals surface area contributed by atoms with Crippen LogP contribution in [0.3, 0.4) is 0 Å². The van der Waals surface area contributed by atoms with E-state index in [9.17, 15) is 18.0 Å². The highest BCUT2D eigenvalue weighted by molar-refractivity contribution is 5.77. The monoisotopic (exact) mass is 381 g/mol. The van der Waals surface area contributed by atoms with Crippen molar-refractivity contribution in [1.29, 1.82) is 0 Å². The zero-order chi connectivity index (χ0) is 20.2. The largest absolute Gasteiger partial charge is 0.412 e. The van der Waals surface area contributed by atoms with Gasteiger partial charge < -0.3 is 5.32 Å². The van der Waals surface area contributed by atoms with Crippen LogP contribution in [0.2, 0.25) is 0 Å². The van der Waals surface area contributed by atoms with E-state index in [1.54, 1.807) is 6.07 Å². The van der Waals surface area contributed by atoms with Gasteiger partial charge in [-0.05, 0) is 37.3 Å². The van der Waals surface area contributed by atoms with Crippen LogP contribution >= 0.6 is 0 Å². The number of amides is 1. The average Bonchev–Trinajstić information content (AvgIpc) is 2.83. The minimum Gasteiger partial charge on any atom is -0.341 e. The summed E-state index contributed by atoms with van der Waals surface area (Å²) in [5.74, 6) is -0.200. The summed E-state index contributed by atoms with van der Waals surface area (Å²) < 4.78 is 42.0. The lowest BCUT2D eigenvalue weighted by Crippen LogP contribution is -2.38. The summed E-state index contributed by atoms with van der Waals surface area (Å²) in [4.78, 5) is 12.2. The van der Waals surface area contributed by atoms with E-state index in [0.29, 0.717) is 12.3 Å². The Morgan fingerprint density at radius 2 is 1.81 bits per heavy atom. The molecule has 2 aromatic rings. The molecule has 1 unspecified atom stereocenters. The summed E-state index contributed by atoms with van der Waals surface area (Å²) in [6.45, 7) is 8.73. The van der Waals surface area contributed by atoms with Gasteiger partial charge in [-0.1, -0.05) is 44.2 Å². The summed E-state index contributed by atoms with van der Waals surface area (Å²) in [7, 11) is 0. The van der Waals surface area contributed by atoms with Crippen LogP contribution in [-0.2, 0) is 17.8 Å². The van der Waals surface area contributed by atoms with Crippen molar-refractivity contribution in [1.82, 2.24) is 15.1 Å². The lowest BCUT2D eigenvalue weighted by Gasteiger charge is -2.22. The fraction of sp³-hybridized carbons (Fsp3) is 0.500. The van der Waals surface area contributed by atoms with Crippen LogP contribution in [0.15, 0.2) is 30.3 Å². The molecule has 0 aliphatic heterocycles. The molecular weight excluding hydrogens is 355 g/mol. The van der Waals surface area contributed by atoms with Gasteiger partial charge in [0.15, 0.2) is 6.04 Å². The standard InChI is InChI=1S/C20H26F3N3O/c1-13(2)12-26-15(4)17(14(3)25-26)10-11-18(27)24-19(20(21,22)23)16-8-6-5-7-9-16/h5-9,13,19H,10-12H2,1-4H3,(H,24,27). The van der Waals surface area contributed by atoms with Crippen molar-refractivity contribution in [3.63, 3.8) is 0 Å². The number of rotatable bonds is 7. The lowest BCUT2D eigenvalue weighted by atomic mass is 10.0. The molecule has 1 aromatic carbocycles. The van der Waals surface area contributed by atoms with Crippen LogP contribution in [0, 0.1) is 19.8 Å². The second-order valence-corrected chi connectivity index (χ2v) is 7.18. The van der Waals surface area contributed by atoms with E-state index < -0.39 is 18.1 Å². The Morgan fingerprint density at radius 1 is 1.19 bits per heavy atom. The SMILES string of the molecule is Cc1nn(CC(C)C)c(C)c1CCC(=O)NC(c1ccccc1)C(F)(F)F. The minimum absolute atomic E-state index is 0.0194. The van der Waals surface area contributed by atoms with Crippen LogP contribution < -0.4 is 5.32 Å². The van der Waals surface area contributed by atoms with Crippen molar-refractivity contribution in [2.75, 3.05) is 0 Å². The number of nitrogens with one attached hydrogen (secondary N) is 1. The van der Waals surface area contributed by atoms with Crippen molar-refractivity contribution in [2.45, 2.75) is 59.3 Å². The fourth-order valence-electron chi connectivity index (χ4n) is 3.09. The molecule has 0 fully saturated rings. The molecule has 148 valence electrons. The second-order valence-electron chi connectivity index (χ2n) is 7.18. The summed E-state index contributed by atoms with van der Waals surface area (Å²) in [5, 5.41) is 6.61. The molecule has 0 aliphatic rings. The van der Waals surface area contributed by atoms with Gasteiger partial charge in [0.2, 0.25) is 5.91 Å². The molecule has 7 heteroatoms. The van der Waals surface area contributed by atoms with E-state index in [1.807, 2.05) is 18.5 Å². The van der Waals surface area contributed by atoms with Gasteiger partial charge in [-0.2, -0.15) is 18.3 Å². The summed E-state index contributed by atoms with van der Waals surface area (Å²) in [6.07, 6.45) is -4.21. The topological polar surface area (TPSA) is 46.9 Å². The Labute approximate surface area is 157 Å². The number of halogens is 3. The zero-order valence-corrected chi connectivity index (χ0v) is 16.1. The maximum Gasteiger partial charge on any atom is 0.412 e. The number of aryl methyl sites for hydroxylation is 1. The van der Waals surface area contributed by atoms with Crippen molar-refractivity contribution < 1.29 is 18.0 Å². The van der Waals surface area contributed by atoms with E-state index in [0.717, 1.165) is 23.5 Å². The highest BCUT2D eigenvalue weighted by atomic mass is 19.4. The highest BCUT2D eigenvalue weighted by Gasteiger charge is 2.41. The third kappa shape index (κ3) is 5.58. The lowest BCUT2D eigenvalue weighted by molar-refractivity contribution is -0.163. The molecule has 0 bridgehead atoms. The first-order valence-electron chi connectivity index (χ1n) is 9.03. The van der Waals surface area contributed by atoms with Gasteiger partial charge in [0.1, 0.15) is 0 Å². The van der Waals surface area contributed by atoms with Crippen LogP contribution in [0.4, 0.5) is 13.2 Å². The Bertz CT molecular complexity index is 767. The quantitative estimate of drug-likeness (QED) is 0.767. The van der Waals surface area contributed by atoms with E-state index in [-0.39, 0.29) is 12.0 Å². The van der Waals surface area contributed by atoms with E-state index in [1.165, 1.54) is 24.3 Å². The van der Waals surface area contributed by atoms with Crippen molar-refractivity contribution in [2.24, 2.45) is 5.92 Å². The maximum absolute atomic E-state index is 13.4. The van der Waals surface area contributed by atoms with Gasteiger partial charge in [-0.15, -0.1) is 0 Å². The van der Waals surface area contributed by atoms with E-state index >= 15 is 0 Å². The molecule has 1 amide bonds. The first-order valence-corrected chi connectivity index (χ1v) is 9.03. The molecule has 0 radical (unpaired) electrons. The number of alkyl halides is 3. The predicted octanol–water partition coefficient (Wildman–Crippen LogP) is 4.51. The Morgan fingerprint density at radius 3 is 2.37 bits per heavy atom. The number of carbonyl (C=O) groups is 1. The van der Waals surface area contributed by atoms with Crippen molar-refractivity contribution in [3.8, 4) is 0 Å². The molecule has 27 heavy (non-hydrogen) atoms. The first kappa shape index (κ1) is 21.0. The molecule has 1 heterocycles. The van der Waals surface area contributed by atoms with Gasteiger partial charge >= 0.3 is 6.18 Å². The van der Waals surface area contributed by atoms with Gasteiger partial charge in [-0.25, -0.2) is 0 Å². The molecule has 0 aliphatic carbocycles. The predicted molar refractivity (Wildman–Crippen MR) is 98.2 cm³/mol. The second kappa shape index (κ2) is 8.59. The number of aromatic nitrogens is 2. The van der Waals surface area contributed by atoms with Crippen LogP contribution in [-0.4, -0.2) is 21.9 Å². The molecule has 1 atom stereocenters. The highest BCUT2D eigenvalue weighted by Crippen LogP contribution is 2.32. The molecule has 4 nitrogen and oxygen atoms in total. The fourth-order valence-corrected chi connectivity index (χ4v) is 3.09. The molecule has 1 N–H and O–H groups in total. The van der Waals surface area contributed by atoms with Gasteiger partial charge in [-0.3, -0.25) is 9.48 Å². The Hall–Kier alpha value is -2.31. The average molecular weight is 381 g/mol. The van der Waals surface area contributed by atoms with E-state index in [2.05, 4.69) is 24.3 Å². The summed E-state index contributed by atoms with van der Waals surface area (Å²) >= 11 is 0. The third-order valence-electron chi connectivity index (χ3n) is 4.44. The van der Waals surface area contributed by atoms with E-state index in [4.69, 9.17) is 0 Å². The number of hydrogen-bond donors (Lipinski definition) is 1.